The van der Waals surface area contributed by atoms with E-state index in [1.54, 1.807) is 18.2 Å². The lowest BCUT2D eigenvalue weighted by molar-refractivity contribution is -0.384. The Balaban J connectivity index is 1.46. The quantitative estimate of drug-likeness (QED) is 0.228. The van der Waals surface area contributed by atoms with Crippen molar-refractivity contribution in [2.24, 2.45) is 5.10 Å². The Morgan fingerprint density at radius 3 is 2.55 bits per heavy atom. The molecule has 0 fully saturated rings. The van der Waals surface area contributed by atoms with E-state index in [4.69, 9.17) is 4.42 Å². The summed E-state index contributed by atoms with van der Waals surface area (Å²) in [5.41, 5.74) is 5.44. The number of nitro groups is 1. The molecule has 33 heavy (non-hydrogen) atoms. The zero-order valence-electron chi connectivity index (χ0n) is 17.1. The molecule has 5 aromatic rings. The molecule has 5 rings (SSSR count). The van der Waals surface area contributed by atoms with Crippen molar-refractivity contribution >= 4 is 39.7 Å². The molecule has 0 spiro atoms. The van der Waals surface area contributed by atoms with E-state index >= 15 is 0 Å². The van der Waals surface area contributed by atoms with Gasteiger partial charge in [0.2, 0.25) is 0 Å². The molecule has 3 aromatic carbocycles. The molecule has 1 N–H and O–H groups in total. The molecule has 0 atom stereocenters. The molecule has 0 aliphatic heterocycles. The van der Waals surface area contributed by atoms with Crippen LogP contribution in [-0.4, -0.2) is 22.0 Å². The average molecular weight is 436 g/mol. The number of para-hydroxylation sites is 2. The van der Waals surface area contributed by atoms with E-state index in [1.165, 1.54) is 18.3 Å². The first-order valence-corrected chi connectivity index (χ1v) is 10.0. The number of nitrogens with zero attached hydrogens (tertiary/aromatic N) is 3. The number of nitro benzene ring substituents is 1. The second-order valence-corrected chi connectivity index (χ2v) is 7.27. The van der Waals surface area contributed by atoms with Gasteiger partial charge in [0.15, 0.2) is 5.76 Å². The molecule has 8 nitrogen and oxygen atoms in total. The number of hydrazone groups is 1. The zero-order chi connectivity index (χ0) is 22.8. The number of furan rings is 1. The molecule has 2 aromatic heterocycles. The van der Waals surface area contributed by atoms with Crippen molar-refractivity contribution in [3.05, 3.63) is 106 Å². The standard InChI is InChI=1S/C25H16N4O4/c30-25(28-26-15-16-9-11-18(12-10-16)29(31)32)20-14-22(27-21-7-3-2-6-19(20)21)24-13-17-5-1-4-8-23(17)33-24/h1-15H,(H,28,30)/b26-15+. The van der Waals surface area contributed by atoms with E-state index in [-0.39, 0.29) is 5.69 Å². The normalized spacial score (nSPS) is 11.3. The van der Waals surface area contributed by atoms with Crippen molar-refractivity contribution in [3.63, 3.8) is 0 Å². The first kappa shape index (κ1) is 20.1. The van der Waals surface area contributed by atoms with Crippen LogP contribution in [0.1, 0.15) is 15.9 Å². The van der Waals surface area contributed by atoms with Crippen LogP contribution in [0.3, 0.4) is 0 Å². The summed E-state index contributed by atoms with van der Waals surface area (Å²) in [6.45, 7) is 0. The van der Waals surface area contributed by atoms with Gasteiger partial charge in [-0.2, -0.15) is 5.10 Å². The molecule has 0 saturated heterocycles. The first-order valence-electron chi connectivity index (χ1n) is 10.0. The molecule has 0 unspecified atom stereocenters. The number of hydrogen-bond donors (Lipinski definition) is 1. The highest BCUT2D eigenvalue weighted by Crippen LogP contribution is 2.29. The number of pyridine rings is 1. The third kappa shape index (κ3) is 4.05. The molecular weight excluding hydrogens is 420 g/mol. The van der Waals surface area contributed by atoms with Crippen molar-refractivity contribution in [1.29, 1.82) is 0 Å². The van der Waals surface area contributed by atoms with Crippen LogP contribution < -0.4 is 5.43 Å². The summed E-state index contributed by atoms with van der Waals surface area (Å²) in [6.07, 6.45) is 1.42. The Morgan fingerprint density at radius 2 is 1.76 bits per heavy atom. The van der Waals surface area contributed by atoms with Gasteiger partial charge in [-0.25, -0.2) is 10.4 Å². The van der Waals surface area contributed by atoms with Crippen molar-refractivity contribution in [3.8, 4) is 11.5 Å². The van der Waals surface area contributed by atoms with E-state index in [1.807, 2.05) is 54.6 Å². The molecule has 0 aliphatic carbocycles. The second-order valence-electron chi connectivity index (χ2n) is 7.27. The Labute approximate surface area is 187 Å². The van der Waals surface area contributed by atoms with Crippen LogP contribution in [0.15, 0.2) is 94.4 Å². The van der Waals surface area contributed by atoms with Gasteiger partial charge in [-0.05, 0) is 42.0 Å². The number of carbonyl (C=O) groups excluding carboxylic acids is 1. The maximum Gasteiger partial charge on any atom is 0.272 e. The lowest BCUT2D eigenvalue weighted by atomic mass is 10.1. The van der Waals surface area contributed by atoms with Gasteiger partial charge in [-0.3, -0.25) is 14.9 Å². The minimum Gasteiger partial charge on any atom is -0.454 e. The number of amides is 1. The van der Waals surface area contributed by atoms with Gasteiger partial charge in [-0.15, -0.1) is 0 Å². The summed E-state index contributed by atoms with van der Waals surface area (Å²) in [5.74, 6) is 0.148. The van der Waals surface area contributed by atoms with Gasteiger partial charge in [0, 0.05) is 22.9 Å². The Morgan fingerprint density at radius 1 is 1.00 bits per heavy atom. The lowest BCUT2D eigenvalue weighted by Crippen LogP contribution is -2.18. The SMILES string of the molecule is O=C(N/N=C/c1ccc([N+](=O)[O-])cc1)c1cc(-c2cc3ccccc3o2)nc2ccccc12. The molecule has 2 heterocycles. The summed E-state index contributed by atoms with van der Waals surface area (Å²) in [7, 11) is 0. The summed E-state index contributed by atoms with van der Waals surface area (Å²) >= 11 is 0. The molecule has 0 radical (unpaired) electrons. The molecular formula is C25H16N4O4. The maximum absolute atomic E-state index is 13.0. The van der Waals surface area contributed by atoms with Gasteiger partial charge < -0.3 is 4.42 Å². The Hall–Kier alpha value is -4.85. The minimum atomic E-state index is -0.475. The van der Waals surface area contributed by atoms with E-state index in [0.29, 0.717) is 33.5 Å². The third-order valence-corrected chi connectivity index (χ3v) is 5.12. The van der Waals surface area contributed by atoms with Crippen molar-refractivity contribution in [1.82, 2.24) is 10.4 Å². The number of fused-ring (bicyclic) bond motifs is 2. The predicted octanol–water partition coefficient (Wildman–Crippen LogP) is 5.32. The summed E-state index contributed by atoms with van der Waals surface area (Å²) in [4.78, 5) is 27.9. The van der Waals surface area contributed by atoms with Crippen molar-refractivity contribution < 1.29 is 14.1 Å². The highest BCUT2D eigenvalue weighted by atomic mass is 16.6. The van der Waals surface area contributed by atoms with Crippen LogP contribution in [0.2, 0.25) is 0 Å². The Kier molecular flexibility index (Phi) is 5.08. The van der Waals surface area contributed by atoms with E-state index in [2.05, 4.69) is 15.5 Å². The summed E-state index contributed by atoms with van der Waals surface area (Å²) in [6, 6.07) is 24.4. The first-order chi connectivity index (χ1) is 16.1. The largest absolute Gasteiger partial charge is 0.454 e. The van der Waals surface area contributed by atoms with Crippen molar-refractivity contribution in [2.75, 3.05) is 0 Å². The number of rotatable bonds is 5. The second kappa shape index (κ2) is 8.35. The Bertz CT molecular complexity index is 1500. The fraction of sp³-hybridized carbons (Fsp3) is 0. The van der Waals surface area contributed by atoms with E-state index in [9.17, 15) is 14.9 Å². The van der Waals surface area contributed by atoms with Gasteiger partial charge in [0.1, 0.15) is 11.3 Å². The summed E-state index contributed by atoms with van der Waals surface area (Å²) < 4.78 is 5.93. The van der Waals surface area contributed by atoms with Gasteiger partial charge in [0.05, 0.1) is 22.2 Å². The molecule has 1 amide bonds. The molecule has 8 heteroatoms. The molecule has 0 aliphatic rings. The number of nitrogens with one attached hydrogen (secondary N) is 1. The fourth-order valence-corrected chi connectivity index (χ4v) is 3.51. The smallest absolute Gasteiger partial charge is 0.272 e. The van der Waals surface area contributed by atoms with Crippen LogP contribution in [0, 0.1) is 10.1 Å². The topological polar surface area (TPSA) is 111 Å². The van der Waals surface area contributed by atoms with Gasteiger partial charge in [-0.1, -0.05) is 36.4 Å². The van der Waals surface area contributed by atoms with Crippen LogP contribution in [-0.2, 0) is 0 Å². The monoisotopic (exact) mass is 436 g/mol. The third-order valence-electron chi connectivity index (χ3n) is 5.12. The molecule has 160 valence electrons. The molecule has 0 saturated carbocycles. The lowest BCUT2D eigenvalue weighted by Gasteiger charge is -2.07. The van der Waals surface area contributed by atoms with Crippen LogP contribution in [0.25, 0.3) is 33.3 Å². The maximum atomic E-state index is 13.0. The number of hydrogen-bond acceptors (Lipinski definition) is 6. The van der Waals surface area contributed by atoms with E-state index < -0.39 is 10.8 Å². The molecule has 0 bridgehead atoms. The number of non-ortho nitro benzene ring substituents is 1. The minimum absolute atomic E-state index is 0.0162. The predicted molar refractivity (Wildman–Crippen MR) is 125 cm³/mol. The fourth-order valence-electron chi connectivity index (χ4n) is 3.51. The van der Waals surface area contributed by atoms with Crippen LogP contribution in [0.4, 0.5) is 5.69 Å². The summed E-state index contributed by atoms with van der Waals surface area (Å²) in [5, 5.41) is 16.4. The van der Waals surface area contributed by atoms with Crippen LogP contribution >= 0.6 is 0 Å². The number of aromatic nitrogens is 1. The van der Waals surface area contributed by atoms with Crippen molar-refractivity contribution in [2.45, 2.75) is 0 Å². The average Bonchev–Trinajstić information content (AvgIpc) is 3.28. The van der Waals surface area contributed by atoms with Gasteiger partial charge >= 0.3 is 0 Å². The highest BCUT2D eigenvalue weighted by Gasteiger charge is 2.16. The van der Waals surface area contributed by atoms with Crippen LogP contribution in [0.5, 0.6) is 0 Å². The highest BCUT2D eigenvalue weighted by molar-refractivity contribution is 6.07. The van der Waals surface area contributed by atoms with E-state index in [0.717, 1.165) is 11.0 Å². The number of benzene rings is 3. The zero-order valence-corrected chi connectivity index (χ0v) is 17.1. The van der Waals surface area contributed by atoms with Gasteiger partial charge in [0.25, 0.3) is 11.6 Å². The number of carbonyl (C=O) groups is 1.